The van der Waals surface area contributed by atoms with Gasteiger partial charge in [-0.05, 0) is 34.7 Å². The molecule has 1 aromatic carbocycles. The summed E-state index contributed by atoms with van der Waals surface area (Å²) in [7, 11) is 0. The predicted octanol–water partition coefficient (Wildman–Crippen LogP) is 4.33. The summed E-state index contributed by atoms with van der Waals surface area (Å²) in [5.41, 5.74) is 2.89. The molecule has 0 saturated carbocycles. The molecule has 13 heavy (non-hydrogen) atoms. The van der Waals surface area contributed by atoms with Crippen LogP contribution in [-0.2, 0) is 0 Å². The largest absolute Gasteiger partial charge is 0.143 e. The molecule has 0 aliphatic heterocycles. The van der Waals surface area contributed by atoms with Crippen molar-refractivity contribution in [3.63, 3.8) is 0 Å². The van der Waals surface area contributed by atoms with Gasteiger partial charge in [-0.3, -0.25) is 0 Å². The van der Waals surface area contributed by atoms with Gasteiger partial charge in [0.1, 0.15) is 0 Å². The molecule has 0 fully saturated rings. The maximum atomic E-state index is 2.29. The van der Waals surface area contributed by atoms with Crippen molar-refractivity contribution in [3.05, 3.63) is 34.7 Å². The molecule has 2 rings (SSSR count). The molecule has 0 unspecified atom stereocenters. The molecule has 68 valence electrons. The van der Waals surface area contributed by atoms with Crippen molar-refractivity contribution in [1.29, 1.82) is 0 Å². The summed E-state index contributed by atoms with van der Waals surface area (Å²) in [5, 5.41) is 3.74. The Morgan fingerprint density at radius 2 is 2.00 bits per heavy atom. The number of hydrogen-bond donors (Lipinski definition) is 0. The number of benzene rings is 1. The van der Waals surface area contributed by atoms with Gasteiger partial charge in [-0.1, -0.05) is 32.0 Å². The maximum absolute atomic E-state index is 2.29. The Morgan fingerprint density at radius 3 is 2.69 bits per heavy atom. The van der Waals surface area contributed by atoms with E-state index in [2.05, 4.69) is 44.4 Å². The van der Waals surface area contributed by atoms with Crippen LogP contribution in [0.3, 0.4) is 0 Å². The maximum Gasteiger partial charge on any atom is 0.0374 e. The fourth-order valence-corrected chi connectivity index (χ4v) is 2.88. The number of aryl methyl sites for hydroxylation is 1. The van der Waals surface area contributed by atoms with Crippen LogP contribution in [0.5, 0.6) is 0 Å². The molecule has 0 aliphatic carbocycles. The molecular weight excluding hydrogens is 176 g/mol. The third-order valence-electron chi connectivity index (χ3n) is 2.45. The first-order chi connectivity index (χ1) is 6.20. The van der Waals surface area contributed by atoms with Crippen LogP contribution in [0, 0.1) is 6.92 Å². The van der Waals surface area contributed by atoms with Crippen molar-refractivity contribution in [2.24, 2.45) is 0 Å². The van der Waals surface area contributed by atoms with Crippen molar-refractivity contribution < 1.29 is 0 Å². The van der Waals surface area contributed by atoms with Gasteiger partial charge in [0.25, 0.3) is 0 Å². The highest BCUT2D eigenvalue weighted by molar-refractivity contribution is 7.17. The Balaban J connectivity index is 2.75. The van der Waals surface area contributed by atoms with Crippen LogP contribution in [0.4, 0.5) is 0 Å². The summed E-state index contributed by atoms with van der Waals surface area (Å²) < 4.78 is 1.45. The summed E-state index contributed by atoms with van der Waals surface area (Å²) in [6.45, 7) is 6.69. The van der Waals surface area contributed by atoms with Gasteiger partial charge in [-0.15, -0.1) is 11.3 Å². The first-order valence-corrected chi connectivity index (χ1v) is 5.55. The van der Waals surface area contributed by atoms with E-state index in [0.29, 0.717) is 5.92 Å². The molecule has 0 spiro atoms. The molecule has 0 radical (unpaired) electrons. The van der Waals surface area contributed by atoms with E-state index in [9.17, 15) is 0 Å². The lowest BCUT2D eigenvalue weighted by Crippen LogP contribution is -1.83. The summed E-state index contributed by atoms with van der Waals surface area (Å²) in [5.74, 6) is 0.635. The fourth-order valence-electron chi connectivity index (χ4n) is 1.67. The third-order valence-corrected chi connectivity index (χ3v) is 3.60. The number of thiophene rings is 1. The lowest BCUT2D eigenvalue weighted by Gasteiger charge is -2.02. The lowest BCUT2D eigenvalue weighted by molar-refractivity contribution is 0.880. The SMILES string of the molecule is Cc1cccc2c(C(C)C)csc12. The van der Waals surface area contributed by atoms with E-state index < -0.39 is 0 Å². The van der Waals surface area contributed by atoms with E-state index in [1.165, 1.54) is 21.2 Å². The van der Waals surface area contributed by atoms with Gasteiger partial charge in [0.15, 0.2) is 0 Å². The lowest BCUT2D eigenvalue weighted by atomic mass is 10.0. The normalized spacial score (nSPS) is 11.4. The summed E-state index contributed by atoms with van der Waals surface area (Å²) in [6, 6.07) is 6.56. The standard InChI is InChI=1S/C12H14S/c1-8(2)11-7-13-12-9(3)5-4-6-10(11)12/h4-8H,1-3H3. The second-order valence-corrected chi connectivity index (χ2v) is 4.68. The van der Waals surface area contributed by atoms with Crippen molar-refractivity contribution in [1.82, 2.24) is 0 Å². The van der Waals surface area contributed by atoms with Gasteiger partial charge in [-0.25, -0.2) is 0 Å². The Kier molecular flexibility index (Phi) is 2.12. The highest BCUT2D eigenvalue weighted by Crippen LogP contribution is 2.32. The van der Waals surface area contributed by atoms with E-state index in [0.717, 1.165) is 0 Å². The second-order valence-electron chi connectivity index (χ2n) is 3.80. The molecule has 1 aromatic heterocycles. The Morgan fingerprint density at radius 1 is 1.23 bits per heavy atom. The molecule has 2 aromatic rings. The smallest absolute Gasteiger partial charge is 0.0374 e. The minimum Gasteiger partial charge on any atom is -0.143 e. The molecule has 0 aliphatic rings. The fraction of sp³-hybridized carbons (Fsp3) is 0.333. The topological polar surface area (TPSA) is 0 Å². The Bertz CT molecular complexity index is 424. The van der Waals surface area contributed by atoms with Crippen LogP contribution in [0.15, 0.2) is 23.6 Å². The molecular formula is C12H14S. The highest BCUT2D eigenvalue weighted by Gasteiger charge is 2.07. The zero-order valence-corrected chi connectivity index (χ0v) is 9.11. The minimum atomic E-state index is 0.635. The molecule has 0 nitrogen and oxygen atoms in total. The van der Waals surface area contributed by atoms with Crippen molar-refractivity contribution in [2.75, 3.05) is 0 Å². The Labute approximate surface area is 83.2 Å². The van der Waals surface area contributed by atoms with E-state index >= 15 is 0 Å². The van der Waals surface area contributed by atoms with Gasteiger partial charge in [-0.2, -0.15) is 0 Å². The van der Waals surface area contributed by atoms with Gasteiger partial charge >= 0.3 is 0 Å². The summed E-state index contributed by atoms with van der Waals surface area (Å²) >= 11 is 1.87. The zero-order chi connectivity index (χ0) is 9.42. The minimum absolute atomic E-state index is 0.635. The van der Waals surface area contributed by atoms with Crippen LogP contribution in [0.2, 0.25) is 0 Å². The first kappa shape index (κ1) is 8.76. The molecule has 0 saturated heterocycles. The molecule has 0 N–H and O–H groups in total. The Hall–Kier alpha value is -0.820. The molecule has 0 atom stereocenters. The van der Waals surface area contributed by atoms with Crippen LogP contribution in [0.1, 0.15) is 30.9 Å². The molecule has 1 heteroatoms. The summed E-state index contributed by atoms with van der Waals surface area (Å²) in [6.07, 6.45) is 0. The summed E-state index contributed by atoms with van der Waals surface area (Å²) in [4.78, 5) is 0. The zero-order valence-electron chi connectivity index (χ0n) is 8.29. The van der Waals surface area contributed by atoms with E-state index in [1.807, 2.05) is 11.3 Å². The molecule has 0 amide bonds. The molecule has 0 bridgehead atoms. The second kappa shape index (κ2) is 3.15. The van der Waals surface area contributed by atoms with Gasteiger partial charge in [0.2, 0.25) is 0 Å². The number of fused-ring (bicyclic) bond motifs is 1. The monoisotopic (exact) mass is 190 g/mol. The quantitative estimate of drug-likeness (QED) is 0.627. The third kappa shape index (κ3) is 1.37. The van der Waals surface area contributed by atoms with E-state index in [4.69, 9.17) is 0 Å². The molecule has 1 heterocycles. The van der Waals surface area contributed by atoms with Crippen LogP contribution < -0.4 is 0 Å². The highest BCUT2D eigenvalue weighted by atomic mass is 32.1. The first-order valence-electron chi connectivity index (χ1n) is 4.67. The average Bonchev–Trinajstić information content (AvgIpc) is 2.48. The van der Waals surface area contributed by atoms with Crippen molar-refractivity contribution >= 4 is 21.4 Å². The number of hydrogen-bond acceptors (Lipinski definition) is 1. The number of rotatable bonds is 1. The van der Waals surface area contributed by atoms with Crippen molar-refractivity contribution in [3.8, 4) is 0 Å². The van der Waals surface area contributed by atoms with Crippen molar-refractivity contribution in [2.45, 2.75) is 26.7 Å². The van der Waals surface area contributed by atoms with Crippen LogP contribution in [0.25, 0.3) is 10.1 Å². The van der Waals surface area contributed by atoms with Gasteiger partial charge < -0.3 is 0 Å². The average molecular weight is 190 g/mol. The van der Waals surface area contributed by atoms with Crippen LogP contribution >= 0.6 is 11.3 Å². The van der Waals surface area contributed by atoms with E-state index in [-0.39, 0.29) is 0 Å². The van der Waals surface area contributed by atoms with Crippen LogP contribution in [-0.4, -0.2) is 0 Å². The van der Waals surface area contributed by atoms with Gasteiger partial charge in [0, 0.05) is 4.70 Å². The predicted molar refractivity (Wildman–Crippen MR) is 60.7 cm³/mol. The van der Waals surface area contributed by atoms with Gasteiger partial charge in [0.05, 0.1) is 0 Å². The van der Waals surface area contributed by atoms with E-state index in [1.54, 1.807) is 0 Å².